The maximum atomic E-state index is 12.7. The molecule has 21 heavy (non-hydrogen) atoms. The third-order valence-electron chi connectivity index (χ3n) is 2.96. The third-order valence-corrected chi connectivity index (χ3v) is 3.97. The standard InChI is InChI=1S/C14H17FN2O3S/c15-10-3-5-11(6-4-10)21-9-7-13(18)16-17-14(19)12-2-1-8-20-12/h3-6,12H,1-2,7-9H2,(H,16,18)(H,17,19). The number of hydrazine groups is 1. The van der Waals surface area contributed by atoms with E-state index < -0.39 is 6.10 Å². The predicted octanol–water partition coefficient (Wildman–Crippen LogP) is 1.63. The summed E-state index contributed by atoms with van der Waals surface area (Å²) in [5.74, 6) is -0.315. The van der Waals surface area contributed by atoms with Crippen molar-refractivity contribution in [1.29, 1.82) is 0 Å². The minimum Gasteiger partial charge on any atom is -0.368 e. The van der Waals surface area contributed by atoms with Gasteiger partial charge in [-0.15, -0.1) is 11.8 Å². The monoisotopic (exact) mass is 312 g/mol. The Kier molecular flexibility index (Phi) is 6.01. The van der Waals surface area contributed by atoms with Crippen LogP contribution in [0.15, 0.2) is 29.2 Å². The van der Waals surface area contributed by atoms with Gasteiger partial charge in [-0.3, -0.25) is 20.4 Å². The van der Waals surface area contributed by atoms with E-state index >= 15 is 0 Å². The largest absolute Gasteiger partial charge is 0.368 e. The number of halogens is 1. The van der Waals surface area contributed by atoms with E-state index in [1.807, 2.05) is 0 Å². The second-order valence-electron chi connectivity index (χ2n) is 4.59. The Morgan fingerprint density at radius 3 is 2.71 bits per heavy atom. The number of benzene rings is 1. The van der Waals surface area contributed by atoms with E-state index in [4.69, 9.17) is 4.74 Å². The maximum Gasteiger partial charge on any atom is 0.267 e. The van der Waals surface area contributed by atoms with Gasteiger partial charge in [0.05, 0.1) is 0 Å². The number of carbonyl (C=O) groups is 2. The van der Waals surface area contributed by atoms with Gasteiger partial charge in [-0.05, 0) is 37.1 Å². The smallest absolute Gasteiger partial charge is 0.267 e. The normalized spacial score (nSPS) is 17.5. The van der Waals surface area contributed by atoms with Crippen LogP contribution in [0.1, 0.15) is 19.3 Å². The van der Waals surface area contributed by atoms with Gasteiger partial charge in [-0.1, -0.05) is 0 Å². The molecule has 5 nitrogen and oxygen atoms in total. The first kappa shape index (κ1) is 15.8. The Labute approximate surface area is 126 Å². The van der Waals surface area contributed by atoms with Crippen LogP contribution in [0, 0.1) is 5.82 Å². The molecule has 1 aromatic carbocycles. The number of nitrogens with one attached hydrogen (secondary N) is 2. The molecule has 2 N–H and O–H groups in total. The van der Waals surface area contributed by atoms with E-state index in [0.29, 0.717) is 18.8 Å². The van der Waals surface area contributed by atoms with Crippen LogP contribution in [0.4, 0.5) is 4.39 Å². The zero-order valence-electron chi connectivity index (χ0n) is 11.4. The summed E-state index contributed by atoms with van der Waals surface area (Å²) in [4.78, 5) is 24.0. The van der Waals surface area contributed by atoms with Gasteiger partial charge in [-0.2, -0.15) is 0 Å². The molecule has 1 aliphatic rings. The fraction of sp³-hybridized carbons (Fsp3) is 0.429. The second-order valence-corrected chi connectivity index (χ2v) is 5.76. The van der Waals surface area contributed by atoms with Crippen molar-refractivity contribution in [1.82, 2.24) is 10.9 Å². The Balaban J connectivity index is 1.61. The number of thioether (sulfide) groups is 1. The van der Waals surface area contributed by atoms with Crippen molar-refractivity contribution in [2.75, 3.05) is 12.4 Å². The number of ether oxygens (including phenoxy) is 1. The zero-order valence-corrected chi connectivity index (χ0v) is 12.2. The Hall–Kier alpha value is -1.60. The van der Waals surface area contributed by atoms with Crippen LogP contribution in [-0.2, 0) is 14.3 Å². The summed E-state index contributed by atoms with van der Waals surface area (Å²) in [5, 5.41) is 0. The van der Waals surface area contributed by atoms with Crippen LogP contribution in [0.5, 0.6) is 0 Å². The van der Waals surface area contributed by atoms with Crippen molar-refractivity contribution in [2.45, 2.75) is 30.3 Å². The Morgan fingerprint density at radius 1 is 1.29 bits per heavy atom. The molecule has 0 bridgehead atoms. The Bertz CT molecular complexity index is 489. The third kappa shape index (κ3) is 5.35. The van der Waals surface area contributed by atoms with Crippen molar-refractivity contribution < 1.29 is 18.7 Å². The van der Waals surface area contributed by atoms with E-state index in [-0.39, 0.29) is 24.1 Å². The minimum absolute atomic E-state index is 0.258. The molecule has 0 aliphatic carbocycles. The molecular formula is C14H17FN2O3S. The van der Waals surface area contributed by atoms with Gasteiger partial charge < -0.3 is 4.74 Å². The summed E-state index contributed by atoms with van der Waals surface area (Å²) in [5.41, 5.74) is 4.72. The summed E-state index contributed by atoms with van der Waals surface area (Å²) in [6.45, 7) is 0.584. The molecule has 2 rings (SSSR count). The van der Waals surface area contributed by atoms with Gasteiger partial charge in [0.2, 0.25) is 5.91 Å². The molecule has 2 amide bonds. The number of carbonyl (C=O) groups excluding carboxylic acids is 2. The van der Waals surface area contributed by atoms with Crippen LogP contribution in [0.3, 0.4) is 0 Å². The molecule has 0 spiro atoms. The SMILES string of the molecule is O=C(CCSc1ccc(F)cc1)NNC(=O)C1CCCO1. The topological polar surface area (TPSA) is 67.4 Å². The number of hydrogen-bond acceptors (Lipinski definition) is 4. The molecule has 0 aromatic heterocycles. The Morgan fingerprint density at radius 2 is 2.05 bits per heavy atom. The van der Waals surface area contributed by atoms with Crippen molar-refractivity contribution in [3.05, 3.63) is 30.1 Å². The van der Waals surface area contributed by atoms with E-state index in [9.17, 15) is 14.0 Å². The van der Waals surface area contributed by atoms with Crippen molar-refractivity contribution in [2.24, 2.45) is 0 Å². The van der Waals surface area contributed by atoms with Crippen LogP contribution < -0.4 is 10.9 Å². The maximum absolute atomic E-state index is 12.7. The molecule has 1 fully saturated rings. The molecule has 1 atom stereocenters. The molecule has 0 saturated carbocycles. The lowest BCUT2D eigenvalue weighted by atomic mass is 10.2. The molecule has 0 radical (unpaired) electrons. The summed E-state index contributed by atoms with van der Waals surface area (Å²) in [7, 11) is 0. The molecule has 1 aromatic rings. The van der Waals surface area contributed by atoms with Gasteiger partial charge in [0.25, 0.3) is 5.91 Å². The average molecular weight is 312 g/mol. The van der Waals surface area contributed by atoms with E-state index in [0.717, 1.165) is 11.3 Å². The summed E-state index contributed by atoms with van der Waals surface area (Å²) < 4.78 is 17.9. The highest BCUT2D eigenvalue weighted by Crippen LogP contribution is 2.18. The van der Waals surface area contributed by atoms with E-state index in [1.54, 1.807) is 12.1 Å². The fourth-order valence-electron chi connectivity index (χ4n) is 1.85. The van der Waals surface area contributed by atoms with Crippen LogP contribution >= 0.6 is 11.8 Å². The van der Waals surface area contributed by atoms with Crippen LogP contribution in [0.2, 0.25) is 0 Å². The molecule has 1 aliphatic heterocycles. The predicted molar refractivity (Wildman–Crippen MR) is 77.0 cm³/mol. The minimum atomic E-state index is -0.459. The molecular weight excluding hydrogens is 295 g/mol. The van der Waals surface area contributed by atoms with Gasteiger partial charge in [0.15, 0.2) is 0 Å². The molecule has 1 unspecified atom stereocenters. The van der Waals surface area contributed by atoms with Gasteiger partial charge in [-0.25, -0.2) is 4.39 Å². The summed E-state index contributed by atoms with van der Waals surface area (Å²) >= 11 is 1.45. The van der Waals surface area contributed by atoms with Crippen LogP contribution in [0.25, 0.3) is 0 Å². The average Bonchev–Trinajstić information content (AvgIpc) is 3.01. The highest BCUT2D eigenvalue weighted by Gasteiger charge is 2.23. The lowest BCUT2D eigenvalue weighted by Gasteiger charge is -2.11. The van der Waals surface area contributed by atoms with E-state index in [1.165, 1.54) is 23.9 Å². The van der Waals surface area contributed by atoms with E-state index in [2.05, 4.69) is 10.9 Å². The highest BCUT2D eigenvalue weighted by atomic mass is 32.2. The lowest BCUT2D eigenvalue weighted by Crippen LogP contribution is -2.46. The zero-order chi connectivity index (χ0) is 15.1. The van der Waals surface area contributed by atoms with Gasteiger partial charge in [0.1, 0.15) is 11.9 Å². The molecule has 7 heteroatoms. The van der Waals surface area contributed by atoms with Crippen LogP contribution in [-0.4, -0.2) is 30.3 Å². The molecule has 114 valence electrons. The first-order valence-corrected chi connectivity index (χ1v) is 7.72. The molecule has 1 heterocycles. The number of amides is 2. The summed E-state index contributed by atoms with van der Waals surface area (Å²) in [6.07, 6.45) is 1.34. The highest BCUT2D eigenvalue weighted by molar-refractivity contribution is 7.99. The summed E-state index contributed by atoms with van der Waals surface area (Å²) in [6, 6.07) is 6.09. The first-order chi connectivity index (χ1) is 10.1. The molecule has 1 saturated heterocycles. The van der Waals surface area contributed by atoms with Crippen molar-refractivity contribution in [3.63, 3.8) is 0 Å². The quantitative estimate of drug-likeness (QED) is 0.641. The number of hydrogen-bond donors (Lipinski definition) is 2. The first-order valence-electron chi connectivity index (χ1n) is 6.74. The number of rotatable bonds is 5. The van der Waals surface area contributed by atoms with Crippen molar-refractivity contribution >= 4 is 23.6 Å². The van der Waals surface area contributed by atoms with Gasteiger partial charge >= 0.3 is 0 Å². The fourth-order valence-corrected chi connectivity index (χ4v) is 2.70. The van der Waals surface area contributed by atoms with Crippen molar-refractivity contribution in [3.8, 4) is 0 Å². The lowest BCUT2D eigenvalue weighted by molar-refractivity contribution is -0.134. The van der Waals surface area contributed by atoms with Gasteiger partial charge in [0, 0.05) is 23.7 Å². The second kappa shape index (κ2) is 7.99.